The number of rotatable bonds is 6. The topological polar surface area (TPSA) is 25.8 Å². The van der Waals surface area contributed by atoms with Crippen LogP contribution in [0.3, 0.4) is 0 Å². The molecule has 0 unspecified atom stereocenters. The predicted octanol–water partition coefficient (Wildman–Crippen LogP) is 14.0. The zero-order valence-electron chi connectivity index (χ0n) is 28.8. The molecule has 2 nitrogen and oxygen atoms in total. The monoisotopic (exact) mass is 692 g/mol. The van der Waals surface area contributed by atoms with Gasteiger partial charge in [0.25, 0.3) is 0 Å². The summed E-state index contributed by atoms with van der Waals surface area (Å²) in [5.41, 5.74) is 11.9. The molecule has 0 aliphatic heterocycles. The van der Waals surface area contributed by atoms with E-state index in [1.807, 2.05) is 23.5 Å². The Balaban J connectivity index is 1.18. The van der Waals surface area contributed by atoms with E-state index in [0.717, 1.165) is 44.8 Å². The van der Waals surface area contributed by atoms with E-state index in [-0.39, 0.29) is 0 Å². The Bertz CT molecular complexity index is 2920. The molecule has 10 aromatic rings. The van der Waals surface area contributed by atoms with Crippen LogP contribution in [0, 0.1) is 0 Å². The first-order valence-corrected chi connectivity index (χ1v) is 18.7. The van der Waals surface area contributed by atoms with Crippen molar-refractivity contribution in [2.45, 2.75) is 0 Å². The van der Waals surface area contributed by atoms with Gasteiger partial charge in [-0.3, -0.25) is 0 Å². The molecule has 53 heavy (non-hydrogen) atoms. The summed E-state index contributed by atoms with van der Waals surface area (Å²) in [4.78, 5) is 10.5. The molecule has 0 bridgehead atoms. The maximum Gasteiger partial charge on any atom is 0.160 e. The smallest absolute Gasteiger partial charge is 0.160 e. The highest BCUT2D eigenvalue weighted by Gasteiger charge is 2.16. The number of nitrogens with zero attached hydrogens (tertiary/aromatic N) is 2. The second-order valence-corrected chi connectivity index (χ2v) is 14.5. The predicted molar refractivity (Wildman–Crippen MR) is 225 cm³/mol. The van der Waals surface area contributed by atoms with Crippen molar-refractivity contribution in [1.29, 1.82) is 0 Å². The first-order valence-electron chi connectivity index (χ1n) is 17.9. The molecule has 0 spiro atoms. The highest BCUT2D eigenvalue weighted by atomic mass is 32.1. The number of hydrogen-bond acceptors (Lipinski definition) is 3. The molecule has 0 amide bonds. The van der Waals surface area contributed by atoms with Gasteiger partial charge in [0.05, 0.1) is 11.4 Å². The lowest BCUT2D eigenvalue weighted by molar-refractivity contribution is 1.18. The Hall–Kier alpha value is -6.68. The van der Waals surface area contributed by atoms with Crippen molar-refractivity contribution in [3.8, 4) is 67.3 Å². The van der Waals surface area contributed by atoms with Crippen molar-refractivity contribution >= 4 is 42.3 Å². The molecular formula is C50H32N2S. The Morgan fingerprint density at radius 1 is 0.302 bits per heavy atom. The second-order valence-electron chi connectivity index (χ2n) is 13.4. The molecular weight excluding hydrogens is 661 g/mol. The average Bonchev–Trinajstić information content (AvgIpc) is 3.62. The largest absolute Gasteiger partial charge is 0.228 e. The van der Waals surface area contributed by atoms with Crippen LogP contribution in [0.2, 0.25) is 0 Å². The van der Waals surface area contributed by atoms with E-state index < -0.39 is 0 Å². The highest BCUT2D eigenvalue weighted by molar-refractivity contribution is 7.25. The Labute approximate surface area is 312 Å². The molecule has 2 aromatic heterocycles. The maximum atomic E-state index is 5.30. The Morgan fingerprint density at radius 2 is 0.868 bits per heavy atom. The molecule has 0 saturated carbocycles. The minimum Gasteiger partial charge on any atom is -0.228 e. The van der Waals surface area contributed by atoms with E-state index in [2.05, 4.69) is 182 Å². The van der Waals surface area contributed by atoms with E-state index in [0.29, 0.717) is 5.82 Å². The van der Waals surface area contributed by atoms with Crippen molar-refractivity contribution in [2.75, 3.05) is 0 Å². The lowest BCUT2D eigenvalue weighted by Crippen LogP contribution is -1.97. The molecule has 3 heteroatoms. The van der Waals surface area contributed by atoms with E-state index in [1.54, 1.807) is 0 Å². The van der Waals surface area contributed by atoms with Crippen molar-refractivity contribution in [3.05, 3.63) is 194 Å². The lowest BCUT2D eigenvalue weighted by Gasteiger charge is -2.14. The van der Waals surface area contributed by atoms with Crippen molar-refractivity contribution in [3.63, 3.8) is 0 Å². The standard InChI is InChI=1S/C50H32N2S/c1-3-12-33(13-4-1)34-22-24-37(25-23-34)50-51-46(36-15-5-2-6-16-36)32-47(52-50)41-29-39(28-40(30-41)43-20-11-17-35-14-7-8-18-42(35)43)38-26-27-45-44-19-9-10-21-48(44)53-49(45)31-38/h1-32H. The fourth-order valence-corrected chi connectivity index (χ4v) is 8.55. The first-order chi connectivity index (χ1) is 26.2. The summed E-state index contributed by atoms with van der Waals surface area (Å²) in [6, 6.07) is 69.3. The minimum atomic E-state index is 0.699. The zero-order valence-corrected chi connectivity index (χ0v) is 29.6. The van der Waals surface area contributed by atoms with Crippen LogP contribution in [-0.2, 0) is 0 Å². The normalized spacial score (nSPS) is 11.4. The lowest BCUT2D eigenvalue weighted by atomic mass is 9.92. The van der Waals surface area contributed by atoms with Gasteiger partial charge >= 0.3 is 0 Å². The van der Waals surface area contributed by atoms with Gasteiger partial charge < -0.3 is 0 Å². The number of thiophene rings is 1. The van der Waals surface area contributed by atoms with Crippen molar-refractivity contribution in [1.82, 2.24) is 9.97 Å². The van der Waals surface area contributed by atoms with Gasteiger partial charge in [-0.15, -0.1) is 11.3 Å². The summed E-state index contributed by atoms with van der Waals surface area (Å²) >= 11 is 1.85. The van der Waals surface area contributed by atoms with Crippen molar-refractivity contribution < 1.29 is 0 Å². The molecule has 10 rings (SSSR count). The van der Waals surface area contributed by atoms with Crippen LogP contribution in [0.4, 0.5) is 0 Å². The molecule has 8 aromatic carbocycles. The Morgan fingerprint density at radius 3 is 1.68 bits per heavy atom. The summed E-state index contributed by atoms with van der Waals surface area (Å²) in [5, 5.41) is 5.05. The molecule has 0 atom stereocenters. The zero-order chi connectivity index (χ0) is 35.1. The third-order valence-corrected chi connectivity index (χ3v) is 11.2. The van der Waals surface area contributed by atoms with Gasteiger partial charge in [0.15, 0.2) is 5.82 Å². The molecule has 0 aliphatic rings. The van der Waals surface area contributed by atoms with Gasteiger partial charge in [0.2, 0.25) is 0 Å². The van der Waals surface area contributed by atoms with Crippen LogP contribution in [0.25, 0.3) is 98.2 Å². The molecule has 0 aliphatic carbocycles. The number of fused-ring (bicyclic) bond motifs is 4. The van der Waals surface area contributed by atoms with Crippen LogP contribution < -0.4 is 0 Å². The second kappa shape index (κ2) is 13.1. The van der Waals surface area contributed by atoms with E-state index in [4.69, 9.17) is 9.97 Å². The summed E-state index contributed by atoms with van der Waals surface area (Å²) in [6.45, 7) is 0. The molecule has 2 heterocycles. The van der Waals surface area contributed by atoms with Gasteiger partial charge in [-0.25, -0.2) is 9.97 Å². The van der Waals surface area contributed by atoms with Crippen molar-refractivity contribution in [2.24, 2.45) is 0 Å². The van der Waals surface area contributed by atoms with Crippen LogP contribution in [0.5, 0.6) is 0 Å². The molecule has 0 fully saturated rings. The van der Waals surface area contributed by atoms with Crippen LogP contribution in [0.1, 0.15) is 0 Å². The minimum absolute atomic E-state index is 0.699. The molecule has 0 saturated heterocycles. The number of aromatic nitrogens is 2. The van der Waals surface area contributed by atoms with Gasteiger partial charge in [0, 0.05) is 36.9 Å². The molecule has 0 radical (unpaired) electrons. The third kappa shape index (κ3) is 5.87. The fourth-order valence-electron chi connectivity index (χ4n) is 7.40. The highest BCUT2D eigenvalue weighted by Crippen LogP contribution is 2.40. The van der Waals surface area contributed by atoms with E-state index in [9.17, 15) is 0 Å². The summed E-state index contributed by atoms with van der Waals surface area (Å²) in [6.07, 6.45) is 0. The van der Waals surface area contributed by atoms with E-state index >= 15 is 0 Å². The quantitative estimate of drug-likeness (QED) is 0.173. The van der Waals surface area contributed by atoms with Gasteiger partial charge in [-0.05, 0) is 80.6 Å². The summed E-state index contributed by atoms with van der Waals surface area (Å²) < 4.78 is 2.60. The van der Waals surface area contributed by atoms with Gasteiger partial charge in [-0.2, -0.15) is 0 Å². The number of hydrogen-bond donors (Lipinski definition) is 0. The number of benzene rings is 8. The van der Waals surface area contributed by atoms with Crippen LogP contribution >= 0.6 is 11.3 Å². The summed E-state index contributed by atoms with van der Waals surface area (Å²) in [7, 11) is 0. The maximum absolute atomic E-state index is 5.30. The summed E-state index contributed by atoms with van der Waals surface area (Å²) in [5.74, 6) is 0.699. The Kier molecular flexibility index (Phi) is 7.71. The van der Waals surface area contributed by atoms with Crippen LogP contribution in [0.15, 0.2) is 194 Å². The van der Waals surface area contributed by atoms with Gasteiger partial charge in [-0.1, -0.05) is 158 Å². The van der Waals surface area contributed by atoms with E-state index in [1.165, 1.54) is 47.6 Å². The van der Waals surface area contributed by atoms with Gasteiger partial charge in [0.1, 0.15) is 0 Å². The fraction of sp³-hybridized carbons (Fsp3) is 0. The van der Waals surface area contributed by atoms with Crippen LogP contribution in [-0.4, -0.2) is 9.97 Å². The molecule has 0 N–H and O–H groups in total. The third-order valence-electron chi connectivity index (χ3n) is 10.1. The first kappa shape index (κ1) is 31.1. The average molecular weight is 693 g/mol. The SMILES string of the molecule is c1ccc(-c2ccc(-c3nc(-c4ccccc4)cc(-c4cc(-c5ccc6c(c5)sc5ccccc56)cc(-c5cccc6ccccc56)c4)n3)cc2)cc1. The molecule has 248 valence electrons.